The molecular formula is C29H35ClF2N8O4. The minimum atomic E-state index is -0.908. The average Bonchev–Trinajstić information content (AvgIpc) is 3.37. The van der Waals surface area contributed by atoms with Crippen LogP contribution in [0.5, 0.6) is 0 Å². The van der Waals surface area contributed by atoms with Crippen LogP contribution in [0.4, 0.5) is 20.3 Å². The number of pyridine rings is 1. The summed E-state index contributed by atoms with van der Waals surface area (Å²) in [6, 6.07) is 5.33. The van der Waals surface area contributed by atoms with Gasteiger partial charge in [-0.25, -0.2) is 9.37 Å². The molecule has 4 rings (SSSR count). The van der Waals surface area contributed by atoms with Gasteiger partial charge in [-0.15, -0.1) is 0 Å². The van der Waals surface area contributed by atoms with Gasteiger partial charge in [0.15, 0.2) is 17.5 Å². The third kappa shape index (κ3) is 7.68. The third-order valence-electron chi connectivity index (χ3n) is 7.18. The average molecular weight is 633 g/mol. The minimum absolute atomic E-state index is 0.00553. The van der Waals surface area contributed by atoms with Crippen molar-refractivity contribution in [3.05, 3.63) is 58.6 Å². The highest BCUT2D eigenvalue weighted by atomic mass is 35.5. The molecule has 0 aliphatic carbocycles. The number of carbonyl (C=O) groups is 3. The molecule has 1 saturated heterocycles. The standard InChI is InChI=1S/C29H35ClF2N8O4/c1-38(2)26-22(31)15-20(25(32)37-26)23-16-34-27(39(23)3)29(43)36-18-4-5-19(21(30)14-18)28(42)35-17-6-10-40(11-7-17)24(41)8-12-44-13-9-33/h4-5,14-17H,6-13,33H2,1-3H3,(H,35,42)(H,36,43). The van der Waals surface area contributed by atoms with Crippen LogP contribution in [-0.4, -0.2) is 90.1 Å². The molecule has 0 saturated carbocycles. The first-order valence-electron chi connectivity index (χ1n) is 14.0. The molecule has 1 fully saturated rings. The Bertz CT molecular complexity index is 1530. The number of anilines is 2. The quantitative estimate of drug-likeness (QED) is 0.216. The maximum atomic E-state index is 14.7. The van der Waals surface area contributed by atoms with E-state index in [0.717, 1.165) is 6.07 Å². The highest BCUT2D eigenvalue weighted by Crippen LogP contribution is 2.28. The highest BCUT2D eigenvalue weighted by molar-refractivity contribution is 6.34. The van der Waals surface area contributed by atoms with E-state index in [1.165, 1.54) is 40.9 Å². The predicted molar refractivity (Wildman–Crippen MR) is 162 cm³/mol. The SMILES string of the molecule is CN(C)c1nc(F)c(-c2cnc(C(=O)Nc3ccc(C(=O)NC4CCN(C(=O)CCOCCN)CC4)c(Cl)c3)n2C)cc1F. The van der Waals surface area contributed by atoms with Crippen molar-refractivity contribution >= 4 is 40.8 Å². The number of ether oxygens (including phenoxy) is 1. The summed E-state index contributed by atoms with van der Waals surface area (Å²) >= 11 is 6.40. The molecule has 0 unspecified atom stereocenters. The first kappa shape index (κ1) is 32.8. The Balaban J connectivity index is 1.34. The van der Waals surface area contributed by atoms with Crippen molar-refractivity contribution in [2.45, 2.75) is 25.3 Å². The normalized spacial score (nSPS) is 13.6. The van der Waals surface area contributed by atoms with Crippen molar-refractivity contribution in [2.75, 3.05) is 57.2 Å². The zero-order chi connectivity index (χ0) is 32.0. The molecule has 1 aromatic carbocycles. The number of nitrogens with one attached hydrogen (secondary N) is 2. The first-order chi connectivity index (χ1) is 21.0. The Hall–Kier alpha value is -4.14. The van der Waals surface area contributed by atoms with Gasteiger partial charge in [0.1, 0.15) is 0 Å². The highest BCUT2D eigenvalue weighted by Gasteiger charge is 2.25. The van der Waals surface area contributed by atoms with E-state index >= 15 is 0 Å². The molecule has 44 heavy (non-hydrogen) atoms. The lowest BCUT2D eigenvalue weighted by molar-refractivity contribution is -0.133. The summed E-state index contributed by atoms with van der Waals surface area (Å²) in [4.78, 5) is 49.1. The lowest BCUT2D eigenvalue weighted by Crippen LogP contribution is -2.46. The summed E-state index contributed by atoms with van der Waals surface area (Å²) in [5, 5.41) is 5.74. The molecule has 2 aromatic heterocycles. The fourth-order valence-corrected chi connectivity index (χ4v) is 5.09. The number of hydrogen-bond acceptors (Lipinski definition) is 8. The maximum absolute atomic E-state index is 14.7. The van der Waals surface area contributed by atoms with E-state index in [4.69, 9.17) is 22.1 Å². The zero-order valence-electron chi connectivity index (χ0n) is 24.7. The van der Waals surface area contributed by atoms with Gasteiger partial charge in [-0.3, -0.25) is 14.4 Å². The van der Waals surface area contributed by atoms with Crippen LogP contribution >= 0.6 is 11.6 Å². The number of amides is 3. The number of piperidine rings is 1. The van der Waals surface area contributed by atoms with E-state index in [0.29, 0.717) is 51.4 Å². The fraction of sp³-hybridized carbons (Fsp3) is 0.414. The van der Waals surface area contributed by atoms with E-state index in [9.17, 15) is 23.2 Å². The largest absolute Gasteiger partial charge is 0.380 e. The summed E-state index contributed by atoms with van der Waals surface area (Å²) in [6.45, 7) is 2.20. The number of benzene rings is 1. The van der Waals surface area contributed by atoms with E-state index < -0.39 is 17.7 Å². The minimum Gasteiger partial charge on any atom is -0.380 e. The molecule has 236 valence electrons. The number of rotatable bonds is 11. The number of likely N-dealkylation sites (tertiary alicyclic amines) is 1. The smallest absolute Gasteiger partial charge is 0.291 e. The van der Waals surface area contributed by atoms with Crippen molar-refractivity contribution in [1.82, 2.24) is 24.8 Å². The van der Waals surface area contributed by atoms with Gasteiger partial charge in [-0.05, 0) is 37.1 Å². The lowest BCUT2D eigenvalue weighted by atomic mass is 10.0. The van der Waals surface area contributed by atoms with Crippen molar-refractivity contribution < 1.29 is 27.9 Å². The van der Waals surface area contributed by atoms with Crippen LogP contribution in [0.1, 0.15) is 40.2 Å². The summed E-state index contributed by atoms with van der Waals surface area (Å²) in [5.74, 6) is -2.85. The van der Waals surface area contributed by atoms with E-state index in [2.05, 4.69) is 20.6 Å². The van der Waals surface area contributed by atoms with Crippen molar-refractivity contribution in [3.8, 4) is 11.3 Å². The second-order valence-corrected chi connectivity index (χ2v) is 10.9. The maximum Gasteiger partial charge on any atom is 0.291 e. The van der Waals surface area contributed by atoms with Gasteiger partial charge in [-0.2, -0.15) is 9.37 Å². The molecule has 12 nitrogen and oxygen atoms in total. The van der Waals surface area contributed by atoms with Crippen LogP contribution in [0.3, 0.4) is 0 Å². The zero-order valence-corrected chi connectivity index (χ0v) is 25.5. The molecule has 3 aromatic rings. The Labute approximate surface area is 258 Å². The molecule has 4 N–H and O–H groups in total. The summed E-state index contributed by atoms with van der Waals surface area (Å²) in [5.41, 5.74) is 5.92. The van der Waals surface area contributed by atoms with Gasteiger partial charge in [0.25, 0.3) is 11.8 Å². The molecule has 3 amide bonds. The van der Waals surface area contributed by atoms with E-state index in [-0.39, 0.29) is 57.8 Å². The van der Waals surface area contributed by atoms with Crippen LogP contribution in [0, 0.1) is 11.8 Å². The first-order valence-corrected chi connectivity index (χ1v) is 14.4. The molecule has 0 radical (unpaired) electrons. The predicted octanol–water partition coefficient (Wildman–Crippen LogP) is 2.82. The Morgan fingerprint density at radius 2 is 1.86 bits per heavy atom. The fourth-order valence-electron chi connectivity index (χ4n) is 4.82. The third-order valence-corrected chi connectivity index (χ3v) is 7.49. The second kappa shape index (κ2) is 14.6. The molecular weight excluding hydrogens is 598 g/mol. The molecule has 0 atom stereocenters. The molecule has 1 aliphatic rings. The molecule has 3 heterocycles. The van der Waals surface area contributed by atoms with Crippen molar-refractivity contribution in [1.29, 1.82) is 0 Å². The van der Waals surface area contributed by atoms with Crippen molar-refractivity contribution in [2.24, 2.45) is 12.8 Å². The van der Waals surface area contributed by atoms with Gasteiger partial charge < -0.3 is 35.5 Å². The van der Waals surface area contributed by atoms with Gasteiger partial charge in [0.05, 0.1) is 47.7 Å². The molecule has 1 aliphatic heterocycles. The summed E-state index contributed by atoms with van der Waals surface area (Å²) in [6.07, 6.45) is 2.75. The molecule has 0 spiro atoms. The topological polar surface area (TPSA) is 148 Å². The lowest BCUT2D eigenvalue weighted by Gasteiger charge is -2.32. The van der Waals surface area contributed by atoms with Crippen LogP contribution in [-0.2, 0) is 16.6 Å². The van der Waals surface area contributed by atoms with Crippen LogP contribution < -0.4 is 21.3 Å². The Morgan fingerprint density at radius 1 is 1.14 bits per heavy atom. The molecule has 15 heteroatoms. The number of nitrogens with zero attached hydrogens (tertiary/aromatic N) is 5. The van der Waals surface area contributed by atoms with Crippen LogP contribution in [0.15, 0.2) is 30.5 Å². The van der Waals surface area contributed by atoms with E-state index in [1.807, 2.05) is 0 Å². The monoisotopic (exact) mass is 632 g/mol. The van der Waals surface area contributed by atoms with Gasteiger partial charge in [0, 0.05) is 52.5 Å². The number of halogens is 3. The number of nitrogens with two attached hydrogens (primary N) is 1. The number of imidazole rings is 1. The number of aromatic nitrogens is 3. The Kier molecular flexibility index (Phi) is 10.8. The number of carbonyl (C=O) groups excluding carboxylic acids is 3. The van der Waals surface area contributed by atoms with Gasteiger partial charge in [-0.1, -0.05) is 11.6 Å². The van der Waals surface area contributed by atoms with Crippen LogP contribution in [0.25, 0.3) is 11.3 Å². The summed E-state index contributed by atoms with van der Waals surface area (Å²) < 4.78 is 35.8. The van der Waals surface area contributed by atoms with Gasteiger partial charge in [0.2, 0.25) is 11.9 Å². The number of hydrogen-bond donors (Lipinski definition) is 3. The summed E-state index contributed by atoms with van der Waals surface area (Å²) in [7, 11) is 4.58. The van der Waals surface area contributed by atoms with Gasteiger partial charge >= 0.3 is 0 Å². The Morgan fingerprint density at radius 3 is 2.52 bits per heavy atom. The second-order valence-electron chi connectivity index (χ2n) is 10.5. The molecule has 0 bridgehead atoms. The van der Waals surface area contributed by atoms with E-state index in [1.54, 1.807) is 19.0 Å². The van der Waals surface area contributed by atoms with Crippen molar-refractivity contribution in [3.63, 3.8) is 0 Å². The van der Waals surface area contributed by atoms with Crippen LogP contribution in [0.2, 0.25) is 5.02 Å².